The number of rotatable bonds is 1. The van der Waals surface area contributed by atoms with Crippen LogP contribution in [-0.4, -0.2) is 20.0 Å². The average Bonchev–Trinajstić information content (AvgIpc) is 2.56. The van der Waals surface area contributed by atoms with E-state index in [9.17, 15) is 0 Å². The number of nitrogens with zero attached hydrogens (tertiary/aromatic N) is 4. The van der Waals surface area contributed by atoms with E-state index in [-0.39, 0.29) is 0 Å². The first kappa shape index (κ1) is 6.97. The van der Waals surface area contributed by atoms with Gasteiger partial charge >= 0.3 is 0 Å². The highest BCUT2D eigenvalue weighted by molar-refractivity contribution is 5.28. The third-order valence-electron chi connectivity index (χ3n) is 1.51. The van der Waals surface area contributed by atoms with E-state index in [4.69, 9.17) is 0 Å². The molecule has 4 nitrogen and oxygen atoms in total. The molecule has 0 unspecified atom stereocenters. The van der Waals surface area contributed by atoms with Gasteiger partial charge in [0.1, 0.15) is 5.69 Å². The summed E-state index contributed by atoms with van der Waals surface area (Å²) in [7, 11) is 0. The standard InChI is InChI=1S/C8H8N4/c1-7-4-8(6-9-5-7)12-10-2-3-11-12/h2-6H,1H3. The molecule has 60 valence electrons. The van der Waals surface area contributed by atoms with Crippen LogP contribution in [0.3, 0.4) is 0 Å². The predicted molar refractivity (Wildman–Crippen MR) is 43.9 cm³/mol. The summed E-state index contributed by atoms with van der Waals surface area (Å²) in [6.45, 7) is 1.99. The van der Waals surface area contributed by atoms with Gasteiger partial charge in [0, 0.05) is 6.20 Å². The predicted octanol–water partition coefficient (Wildman–Crippen LogP) is 0.971. The van der Waals surface area contributed by atoms with Crippen molar-refractivity contribution in [3.05, 3.63) is 36.4 Å². The second kappa shape index (κ2) is 2.73. The van der Waals surface area contributed by atoms with Crippen LogP contribution in [0, 0.1) is 6.92 Å². The summed E-state index contributed by atoms with van der Waals surface area (Å²) >= 11 is 0. The maximum absolute atomic E-state index is 4.04. The normalized spacial score (nSPS) is 10.1. The van der Waals surface area contributed by atoms with Crippen molar-refractivity contribution in [2.24, 2.45) is 0 Å². The Morgan fingerprint density at radius 2 is 1.92 bits per heavy atom. The van der Waals surface area contributed by atoms with E-state index >= 15 is 0 Å². The van der Waals surface area contributed by atoms with Gasteiger partial charge in [-0.2, -0.15) is 15.0 Å². The molecule has 2 aromatic heterocycles. The topological polar surface area (TPSA) is 43.6 Å². The highest BCUT2D eigenvalue weighted by Gasteiger charge is 1.96. The molecule has 0 saturated carbocycles. The molecule has 0 saturated heterocycles. The van der Waals surface area contributed by atoms with Gasteiger partial charge in [0.05, 0.1) is 18.6 Å². The molecule has 0 atom stereocenters. The fourth-order valence-electron chi connectivity index (χ4n) is 0.997. The van der Waals surface area contributed by atoms with Gasteiger partial charge < -0.3 is 0 Å². The van der Waals surface area contributed by atoms with Crippen LogP contribution in [0.1, 0.15) is 5.56 Å². The summed E-state index contributed by atoms with van der Waals surface area (Å²) in [6, 6.07) is 1.98. The van der Waals surface area contributed by atoms with Crippen molar-refractivity contribution in [3.8, 4) is 5.69 Å². The van der Waals surface area contributed by atoms with Gasteiger partial charge in [0.15, 0.2) is 0 Å². The third kappa shape index (κ3) is 1.18. The Bertz CT molecular complexity index is 366. The van der Waals surface area contributed by atoms with Gasteiger partial charge in [-0.25, -0.2) is 0 Å². The zero-order valence-electron chi connectivity index (χ0n) is 6.68. The van der Waals surface area contributed by atoms with Gasteiger partial charge in [-0.05, 0) is 18.6 Å². The minimum absolute atomic E-state index is 0.889. The molecule has 0 aliphatic rings. The lowest BCUT2D eigenvalue weighted by atomic mass is 10.3. The number of aryl methyl sites for hydroxylation is 1. The first-order valence-corrected chi connectivity index (χ1v) is 3.64. The summed E-state index contributed by atoms with van der Waals surface area (Å²) in [5.41, 5.74) is 1.99. The van der Waals surface area contributed by atoms with E-state index in [0.717, 1.165) is 11.3 Å². The Labute approximate surface area is 69.9 Å². The second-order valence-corrected chi connectivity index (χ2v) is 2.54. The maximum Gasteiger partial charge on any atom is 0.104 e. The summed E-state index contributed by atoms with van der Waals surface area (Å²) in [5.74, 6) is 0. The molecule has 0 aliphatic carbocycles. The second-order valence-electron chi connectivity index (χ2n) is 2.54. The van der Waals surface area contributed by atoms with Gasteiger partial charge in [-0.15, -0.1) is 0 Å². The Morgan fingerprint density at radius 1 is 1.17 bits per heavy atom. The highest BCUT2D eigenvalue weighted by Crippen LogP contribution is 2.03. The van der Waals surface area contributed by atoms with Crippen LogP contribution in [-0.2, 0) is 0 Å². The Hall–Kier alpha value is -1.71. The molecule has 2 rings (SSSR count). The highest BCUT2D eigenvalue weighted by atomic mass is 15.5. The maximum atomic E-state index is 4.04. The van der Waals surface area contributed by atoms with Crippen molar-refractivity contribution in [1.29, 1.82) is 0 Å². The monoisotopic (exact) mass is 160 g/mol. The molecule has 0 aromatic carbocycles. The molecule has 0 aliphatic heterocycles. The van der Waals surface area contributed by atoms with Crippen LogP contribution in [0.2, 0.25) is 0 Å². The molecule has 0 N–H and O–H groups in total. The molecule has 0 amide bonds. The number of hydrogen-bond acceptors (Lipinski definition) is 3. The molecule has 2 heterocycles. The van der Waals surface area contributed by atoms with Crippen molar-refractivity contribution in [2.75, 3.05) is 0 Å². The fraction of sp³-hybridized carbons (Fsp3) is 0.125. The van der Waals surface area contributed by atoms with Crippen LogP contribution in [0.4, 0.5) is 0 Å². The Kier molecular flexibility index (Phi) is 1.59. The lowest BCUT2D eigenvalue weighted by molar-refractivity contribution is 0.747. The summed E-state index contributed by atoms with van der Waals surface area (Å²) in [4.78, 5) is 5.58. The largest absolute Gasteiger partial charge is 0.262 e. The van der Waals surface area contributed by atoms with Crippen molar-refractivity contribution in [1.82, 2.24) is 20.0 Å². The van der Waals surface area contributed by atoms with Gasteiger partial charge in [-0.1, -0.05) is 0 Å². The molecular weight excluding hydrogens is 152 g/mol. The van der Waals surface area contributed by atoms with E-state index in [2.05, 4.69) is 15.2 Å². The molecule has 12 heavy (non-hydrogen) atoms. The SMILES string of the molecule is Cc1cncc(-n2nccn2)c1. The van der Waals surface area contributed by atoms with Crippen LogP contribution < -0.4 is 0 Å². The molecule has 0 radical (unpaired) electrons. The number of pyridine rings is 1. The van der Waals surface area contributed by atoms with Gasteiger partial charge in [0.2, 0.25) is 0 Å². The summed E-state index contributed by atoms with van der Waals surface area (Å²) in [6.07, 6.45) is 6.81. The molecule has 0 fully saturated rings. The quantitative estimate of drug-likeness (QED) is 0.624. The molecule has 4 heteroatoms. The fourth-order valence-corrected chi connectivity index (χ4v) is 0.997. The van der Waals surface area contributed by atoms with E-state index in [1.54, 1.807) is 29.6 Å². The number of aromatic nitrogens is 4. The average molecular weight is 160 g/mol. The minimum atomic E-state index is 0.889. The van der Waals surface area contributed by atoms with Gasteiger partial charge in [0.25, 0.3) is 0 Å². The van der Waals surface area contributed by atoms with E-state index in [1.807, 2.05) is 13.0 Å². The van der Waals surface area contributed by atoms with E-state index in [1.165, 1.54) is 0 Å². The van der Waals surface area contributed by atoms with Crippen LogP contribution >= 0.6 is 0 Å². The third-order valence-corrected chi connectivity index (χ3v) is 1.51. The smallest absolute Gasteiger partial charge is 0.104 e. The van der Waals surface area contributed by atoms with E-state index < -0.39 is 0 Å². The van der Waals surface area contributed by atoms with Crippen molar-refractivity contribution in [2.45, 2.75) is 6.92 Å². The van der Waals surface area contributed by atoms with Crippen LogP contribution in [0.25, 0.3) is 5.69 Å². The zero-order valence-corrected chi connectivity index (χ0v) is 6.68. The lowest BCUT2D eigenvalue weighted by Gasteiger charge is -1.98. The Balaban J connectivity index is 2.48. The summed E-state index contributed by atoms with van der Waals surface area (Å²) < 4.78 is 0. The lowest BCUT2D eigenvalue weighted by Crippen LogP contribution is -1.98. The zero-order chi connectivity index (χ0) is 8.39. The Morgan fingerprint density at radius 3 is 2.58 bits per heavy atom. The van der Waals surface area contributed by atoms with E-state index in [0.29, 0.717) is 0 Å². The molecular formula is C8H8N4. The van der Waals surface area contributed by atoms with Crippen LogP contribution in [0.15, 0.2) is 30.9 Å². The molecule has 2 aromatic rings. The number of hydrogen-bond donors (Lipinski definition) is 0. The van der Waals surface area contributed by atoms with Gasteiger partial charge in [-0.3, -0.25) is 4.98 Å². The first-order chi connectivity index (χ1) is 5.86. The van der Waals surface area contributed by atoms with Crippen LogP contribution in [0.5, 0.6) is 0 Å². The molecule has 0 bridgehead atoms. The van der Waals surface area contributed by atoms with Crippen molar-refractivity contribution < 1.29 is 0 Å². The first-order valence-electron chi connectivity index (χ1n) is 3.64. The van der Waals surface area contributed by atoms with Crippen molar-refractivity contribution >= 4 is 0 Å². The summed E-state index contributed by atoms with van der Waals surface area (Å²) in [5, 5.41) is 7.99. The minimum Gasteiger partial charge on any atom is -0.262 e. The van der Waals surface area contributed by atoms with Crippen molar-refractivity contribution in [3.63, 3.8) is 0 Å². The molecule has 0 spiro atoms.